The molecule has 3 aromatic rings. The van der Waals surface area contributed by atoms with Crippen LogP contribution in [0.15, 0.2) is 59.0 Å². The van der Waals surface area contributed by atoms with Gasteiger partial charge in [-0.15, -0.1) is 35.3 Å². The van der Waals surface area contributed by atoms with Crippen molar-refractivity contribution in [2.75, 3.05) is 20.7 Å². The molecule has 0 aliphatic carbocycles. The third-order valence-electron chi connectivity index (χ3n) is 4.53. The number of ether oxygens (including phenoxy) is 1. The quantitative estimate of drug-likeness (QED) is 0.276. The second-order valence-corrected chi connectivity index (χ2v) is 8.04. The standard InChI is InChI=1S/C21H27N5OS.HI/c1-21(2,19-6-5-13-28-19)15-24-20(22-3)23-14-16-11-12-26(25-16)17-7-9-18(27-4)10-8-17;/h5-13H,14-15H2,1-4H3,(H2,22,23,24);1H. The van der Waals surface area contributed by atoms with Crippen LogP contribution in [0.5, 0.6) is 5.75 Å². The van der Waals surface area contributed by atoms with Crippen LogP contribution in [-0.4, -0.2) is 36.4 Å². The first-order valence-electron chi connectivity index (χ1n) is 9.19. The number of guanidine groups is 1. The van der Waals surface area contributed by atoms with Crippen molar-refractivity contribution in [3.05, 3.63) is 64.6 Å². The van der Waals surface area contributed by atoms with Gasteiger partial charge < -0.3 is 15.4 Å². The molecule has 0 bridgehead atoms. The van der Waals surface area contributed by atoms with Crippen molar-refractivity contribution >= 4 is 41.3 Å². The second kappa shape index (κ2) is 10.6. The second-order valence-electron chi connectivity index (χ2n) is 7.09. The van der Waals surface area contributed by atoms with E-state index >= 15 is 0 Å². The van der Waals surface area contributed by atoms with Crippen LogP contribution in [0.2, 0.25) is 0 Å². The van der Waals surface area contributed by atoms with Gasteiger partial charge in [0, 0.05) is 30.1 Å². The maximum absolute atomic E-state index is 5.20. The van der Waals surface area contributed by atoms with Gasteiger partial charge in [-0.25, -0.2) is 4.68 Å². The van der Waals surface area contributed by atoms with Crippen LogP contribution in [0, 0.1) is 0 Å². The lowest BCUT2D eigenvalue weighted by Gasteiger charge is -2.25. The summed E-state index contributed by atoms with van der Waals surface area (Å²) in [6.07, 6.45) is 1.95. The number of aliphatic imine (C=N–C) groups is 1. The molecule has 0 aliphatic rings. The Morgan fingerprint density at radius 3 is 2.55 bits per heavy atom. The van der Waals surface area contributed by atoms with E-state index in [1.165, 1.54) is 4.88 Å². The van der Waals surface area contributed by atoms with Crippen molar-refractivity contribution in [1.82, 2.24) is 20.4 Å². The molecule has 0 saturated heterocycles. The minimum absolute atomic E-state index is 0. The van der Waals surface area contributed by atoms with Gasteiger partial charge in [0.05, 0.1) is 25.0 Å². The largest absolute Gasteiger partial charge is 0.497 e. The highest BCUT2D eigenvalue weighted by atomic mass is 127. The fourth-order valence-electron chi connectivity index (χ4n) is 2.79. The van der Waals surface area contributed by atoms with Crippen LogP contribution in [-0.2, 0) is 12.0 Å². The van der Waals surface area contributed by atoms with Gasteiger partial charge in [0.1, 0.15) is 5.75 Å². The van der Waals surface area contributed by atoms with E-state index in [1.54, 1.807) is 25.5 Å². The summed E-state index contributed by atoms with van der Waals surface area (Å²) in [5.41, 5.74) is 1.98. The summed E-state index contributed by atoms with van der Waals surface area (Å²) in [5, 5.41) is 13.5. The van der Waals surface area contributed by atoms with Gasteiger partial charge in [-0.2, -0.15) is 5.10 Å². The fraction of sp³-hybridized carbons (Fsp3) is 0.333. The van der Waals surface area contributed by atoms with Gasteiger partial charge in [0.2, 0.25) is 0 Å². The molecule has 0 amide bonds. The molecular weight excluding hydrogens is 497 g/mol. The number of methoxy groups -OCH3 is 1. The third kappa shape index (κ3) is 6.20. The molecule has 1 aromatic carbocycles. The van der Waals surface area contributed by atoms with E-state index in [1.807, 2.05) is 41.2 Å². The van der Waals surface area contributed by atoms with Crippen molar-refractivity contribution in [2.24, 2.45) is 4.99 Å². The number of aromatic nitrogens is 2. The third-order valence-corrected chi connectivity index (χ3v) is 5.76. The Bertz CT molecular complexity index is 904. The molecule has 3 rings (SSSR count). The number of nitrogens with one attached hydrogen (secondary N) is 2. The van der Waals surface area contributed by atoms with Gasteiger partial charge >= 0.3 is 0 Å². The van der Waals surface area contributed by atoms with Crippen LogP contribution in [0.1, 0.15) is 24.4 Å². The predicted molar refractivity (Wildman–Crippen MR) is 131 cm³/mol. The summed E-state index contributed by atoms with van der Waals surface area (Å²) >= 11 is 1.78. The molecule has 0 fully saturated rings. The Hall–Kier alpha value is -2.07. The van der Waals surface area contributed by atoms with E-state index < -0.39 is 0 Å². The van der Waals surface area contributed by atoms with Crippen molar-refractivity contribution in [2.45, 2.75) is 25.8 Å². The molecule has 2 N–H and O–H groups in total. The molecular formula is C21H28IN5OS. The molecule has 0 unspecified atom stereocenters. The SMILES string of the molecule is CN=C(NCc1ccn(-c2ccc(OC)cc2)n1)NCC(C)(C)c1cccs1.I. The highest BCUT2D eigenvalue weighted by Crippen LogP contribution is 2.26. The number of hydrogen-bond donors (Lipinski definition) is 2. The zero-order chi connectivity index (χ0) is 20.0. The normalized spacial score (nSPS) is 11.7. The maximum Gasteiger partial charge on any atom is 0.191 e. The van der Waals surface area contributed by atoms with E-state index in [2.05, 4.69) is 52.1 Å². The number of thiophene rings is 1. The van der Waals surface area contributed by atoms with E-state index in [0.29, 0.717) is 6.54 Å². The molecule has 29 heavy (non-hydrogen) atoms. The zero-order valence-electron chi connectivity index (χ0n) is 17.2. The molecule has 2 heterocycles. The van der Waals surface area contributed by atoms with Gasteiger partial charge in [0.25, 0.3) is 0 Å². The number of halogens is 1. The van der Waals surface area contributed by atoms with E-state index in [4.69, 9.17) is 4.74 Å². The predicted octanol–water partition coefficient (Wildman–Crippen LogP) is 4.20. The average molecular weight is 525 g/mol. The van der Waals surface area contributed by atoms with Crippen molar-refractivity contribution in [3.63, 3.8) is 0 Å². The Morgan fingerprint density at radius 2 is 1.93 bits per heavy atom. The lowest BCUT2D eigenvalue weighted by molar-refractivity contribution is 0.414. The molecule has 0 spiro atoms. The van der Waals surface area contributed by atoms with Crippen LogP contribution >= 0.6 is 35.3 Å². The first-order valence-corrected chi connectivity index (χ1v) is 10.1. The lowest BCUT2D eigenvalue weighted by atomic mass is 9.91. The first kappa shape index (κ1) is 23.2. The topological polar surface area (TPSA) is 63.5 Å². The highest BCUT2D eigenvalue weighted by molar-refractivity contribution is 14.0. The summed E-state index contributed by atoms with van der Waals surface area (Å²) in [7, 11) is 3.44. The van der Waals surface area contributed by atoms with Gasteiger partial charge in [-0.05, 0) is 41.8 Å². The van der Waals surface area contributed by atoms with Crippen molar-refractivity contribution in [1.29, 1.82) is 0 Å². The minimum Gasteiger partial charge on any atom is -0.497 e. The van der Waals surface area contributed by atoms with E-state index in [0.717, 1.165) is 29.6 Å². The first-order chi connectivity index (χ1) is 13.5. The summed E-state index contributed by atoms with van der Waals surface area (Å²) in [4.78, 5) is 5.68. The van der Waals surface area contributed by atoms with Crippen molar-refractivity contribution in [3.8, 4) is 11.4 Å². The Morgan fingerprint density at radius 1 is 1.17 bits per heavy atom. The fourth-order valence-corrected chi connectivity index (χ4v) is 3.64. The Kier molecular flexibility index (Phi) is 8.51. The van der Waals surface area contributed by atoms with Gasteiger partial charge in [0.15, 0.2) is 5.96 Å². The molecule has 2 aromatic heterocycles. The molecule has 156 valence electrons. The smallest absolute Gasteiger partial charge is 0.191 e. The van der Waals surface area contributed by atoms with E-state index in [9.17, 15) is 0 Å². The lowest BCUT2D eigenvalue weighted by Crippen LogP contribution is -2.43. The van der Waals surface area contributed by atoms with Crippen LogP contribution in [0.25, 0.3) is 5.69 Å². The van der Waals surface area contributed by atoms with Gasteiger partial charge in [-0.3, -0.25) is 4.99 Å². The Labute approximate surface area is 193 Å². The van der Waals surface area contributed by atoms with E-state index in [-0.39, 0.29) is 29.4 Å². The maximum atomic E-state index is 5.20. The molecule has 6 nitrogen and oxygen atoms in total. The van der Waals surface area contributed by atoms with Gasteiger partial charge in [-0.1, -0.05) is 19.9 Å². The molecule has 8 heteroatoms. The summed E-state index contributed by atoms with van der Waals surface area (Å²) in [5.74, 6) is 1.60. The minimum atomic E-state index is 0. The summed E-state index contributed by atoms with van der Waals surface area (Å²) in [6.45, 7) is 5.86. The summed E-state index contributed by atoms with van der Waals surface area (Å²) < 4.78 is 7.05. The average Bonchev–Trinajstić information content (AvgIpc) is 3.41. The number of benzene rings is 1. The molecule has 0 radical (unpaired) electrons. The highest BCUT2D eigenvalue weighted by Gasteiger charge is 2.21. The summed E-state index contributed by atoms with van der Waals surface area (Å²) in [6, 6.07) is 14.1. The van der Waals surface area contributed by atoms with Crippen LogP contribution < -0.4 is 15.4 Å². The van der Waals surface area contributed by atoms with Crippen LogP contribution in [0.4, 0.5) is 0 Å². The molecule has 0 atom stereocenters. The monoisotopic (exact) mass is 525 g/mol. The Balaban J connectivity index is 0.00000300. The van der Waals surface area contributed by atoms with Crippen molar-refractivity contribution < 1.29 is 4.74 Å². The molecule has 0 aliphatic heterocycles. The zero-order valence-corrected chi connectivity index (χ0v) is 20.3. The van der Waals surface area contributed by atoms with Crippen LogP contribution in [0.3, 0.4) is 0 Å². The number of hydrogen-bond acceptors (Lipinski definition) is 4. The molecule has 0 saturated carbocycles. The number of nitrogens with zero attached hydrogens (tertiary/aromatic N) is 3. The number of rotatable bonds is 7.